The first-order chi connectivity index (χ1) is 11.9. The third kappa shape index (κ3) is 4.05. The Bertz CT molecular complexity index is 731. The first-order valence-corrected chi connectivity index (χ1v) is 8.62. The summed E-state index contributed by atoms with van der Waals surface area (Å²) < 4.78 is 1.79. The number of likely N-dealkylation sites (tertiary alicyclic amines) is 1. The third-order valence-electron chi connectivity index (χ3n) is 4.96. The van der Waals surface area contributed by atoms with Gasteiger partial charge in [-0.3, -0.25) is 19.7 Å². The molecule has 2 heterocycles. The molecule has 7 nitrogen and oxygen atoms in total. The van der Waals surface area contributed by atoms with Crippen LogP contribution in [0.15, 0.2) is 30.5 Å². The molecular weight excluding hydrogens is 320 g/mol. The summed E-state index contributed by atoms with van der Waals surface area (Å²) in [4.78, 5) is 12.8. The second-order valence-corrected chi connectivity index (χ2v) is 6.83. The van der Waals surface area contributed by atoms with Crippen LogP contribution in [0.4, 0.5) is 5.69 Å². The minimum absolute atomic E-state index is 0.0847. The first kappa shape index (κ1) is 17.6. The fourth-order valence-electron chi connectivity index (χ4n) is 3.47. The zero-order valence-corrected chi connectivity index (χ0v) is 14.6. The van der Waals surface area contributed by atoms with Gasteiger partial charge in [-0.25, -0.2) is 0 Å². The highest BCUT2D eigenvalue weighted by Gasteiger charge is 2.24. The molecule has 1 atom stereocenters. The van der Waals surface area contributed by atoms with Gasteiger partial charge >= 0.3 is 0 Å². The highest BCUT2D eigenvalue weighted by molar-refractivity contribution is 5.64. The third-order valence-corrected chi connectivity index (χ3v) is 4.96. The van der Waals surface area contributed by atoms with Crippen LogP contribution in [0, 0.1) is 16.0 Å². The molecule has 1 aromatic heterocycles. The van der Waals surface area contributed by atoms with E-state index in [2.05, 4.69) is 10.00 Å². The molecule has 0 saturated carbocycles. The molecule has 0 amide bonds. The zero-order chi connectivity index (χ0) is 18.0. The van der Waals surface area contributed by atoms with E-state index in [0.29, 0.717) is 5.92 Å². The molecule has 0 radical (unpaired) electrons. The van der Waals surface area contributed by atoms with Gasteiger partial charge in [0.15, 0.2) is 0 Å². The summed E-state index contributed by atoms with van der Waals surface area (Å²) in [5, 5.41) is 25.1. The number of aryl methyl sites for hydroxylation is 1. The fraction of sp³-hybridized carbons (Fsp3) is 0.500. The van der Waals surface area contributed by atoms with Crippen molar-refractivity contribution in [1.29, 1.82) is 0 Å². The van der Waals surface area contributed by atoms with Crippen molar-refractivity contribution in [3.63, 3.8) is 0 Å². The Kier molecular flexibility index (Phi) is 5.15. The van der Waals surface area contributed by atoms with Crippen LogP contribution in [-0.4, -0.2) is 43.9 Å². The molecule has 0 aliphatic carbocycles. The van der Waals surface area contributed by atoms with Crippen LogP contribution in [0.1, 0.15) is 25.3 Å². The van der Waals surface area contributed by atoms with Gasteiger partial charge in [0.05, 0.1) is 16.7 Å². The van der Waals surface area contributed by atoms with Gasteiger partial charge in [0.2, 0.25) is 0 Å². The summed E-state index contributed by atoms with van der Waals surface area (Å²) >= 11 is 0. The van der Waals surface area contributed by atoms with Gasteiger partial charge in [-0.15, -0.1) is 0 Å². The zero-order valence-electron chi connectivity index (χ0n) is 14.6. The second kappa shape index (κ2) is 7.33. The lowest BCUT2D eigenvalue weighted by Crippen LogP contribution is -2.36. The number of nitro groups is 1. The van der Waals surface area contributed by atoms with Crippen LogP contribution in [0.2, 0.25) is 0 Å². The molecule has 1 N–H and O–H groups in total. The standard InChI is InChI=1S/C18H24N4O3/c1-13(23)14-7-9-21(10-8-14)12-16-11-20(2)19-18(16)15-3-5-17(6-4-15)22(24)25/h3-6,11,13-14,23H,7-10,12H2,1-2H3. The predicted molar refractivity (Wildman–Crippen MR) is 95.0 cm³/mol. The van der Waals surface area contributed by atoms with E-state index >= 15 is 0 Å². The quantitative estimate of drug-likeness (QED) is 0.666. The smallest absolute Gasteiger partial charge is 0.269 e. The van der Waals surface area contributed by atoms with Crippen molar-refractivity contribution in [2.75, 3.05) is 13.1 Å². The van der Waals surface area contributed by atoms with Gasteiger partial charge in [-0.1, -0.05) is 0 Å². The number of piperidine rings is 1. The number of benzene rings is 1. The highest BCUT2D eigenvalue weighted by atomic mass is 16.6. The number of hydrogen-bond acceptors (Lipinski definition) is 5. The van der Waals surface area contributed by atoms with Crippen LogP contribution in [0.5, 0.6) is 0 Å². The summed E-state index contributed by atoms with van der Waals surface area (Å²) in [5.74, 6) is 0.388. The van der Waals surface area contributed by atoms with E-state index in [-0.39, 0.29) is 11.8 Å². The average Bonchev–Trinajstić information content (AvgIpc) is 2.95. The van der Waals surface area contributed by atoms with E-state index in [1.807, 2.05) is 20.2 Å². The lowest BCUT2D eigenvalue weighted by Gasteiger charge is -2.33. The molecule has 1 aromatic carbocycles. The molecule has 7 heteroatoms. The molecule has 1 aliphatic heterocycles. The topological polar surface area (TPSA) is 84.4 Å². The van der Waals surface area contributed by atoms with Crippen LogP contribution in [0.3, 0.4) is 0 Å². The minimum Gasteiger partial charge on any atom is -0.393 e. The second-order valence-electron chi connectivity index (χ2n) is 6.83. The molecule has 0 spiro atoms. The lowest BCUT2D eigenvalue weighted by molar-refractivity contribution is -0.384. The summed E-state index contributed by atoms with van der Waals surface area (Å²) in [5.41, 5.74) is 2.96. The number of non-ortho nitro benzene ring substituents is 1. The van der Waals surface area contributed by atoms with Crippen molar-refractivity contribution < 1.29 is 10.0 Å². The van der Waals surface area contributed by atoms with E-state index in [9.17, 15) is 15.2 Å². The molecule has 2 aromatic rings. The largest absolute Gasteiger partial charge is 0.393 e. The highest BCUT2D eigenvalue weighted by Crippen LogP contribution is 2.27. The van der Waals surface area contributed by atoms with E-state index in [4.69, 9.17) is 0 Å². The van der Waals surface area contributed by atoms with Crippen molar-refractivity contribution in [2.24, 2.45) is 13.0 Å². The molecular formula is C18H24N4O3. The van der Waals surface area contributed by atoms with Crippen LogP contribution in [0.25, 0.3) is 11.3 Å². The molecule has 1 unspecified atom stereocenters. The SMILES string of the molecule is CC(O)C1CCN(Cc2cn(C)nc2-c2ccc([N+](=O)[O-])cc2)CC1. The van der Waals surface area contributed by atoms with Crippen molar-refractivity contribution in [3.8, 4) is 11.3 Å². The number of nitro benzene ring substituents is 1. The number of aliphatic hydroxyl groups is 1. The summed E-state index contributed by atoms with van der Waals surface area (Å²) in [7, 11) is 1.89. The average molecular weight is 344 g/mol. The molecule has 1 fully saturated rings. The summed E-state index contributed by atoms with van der Waals surface area (Å²) in [6.45, 7) is 4.59. The monoisotopic (exact) mass is 344 g/mol. The van der Waals surface area contributed by atoms with Gasteiger partial charge in [0, 0.05) is 43.0 Å². The van der Waals surface area contributed by atoms with Gasteiger partial charge in [0.25, 0.3) is 5.69 Å². The molecule has 1 saturated heterocycles. The Balaban J connectivity index is 1.74. The van der Waals surface area contributed by atoms with E-state index in [1.165, 1.54) is 12.1 Å². The Labute approximate surface area is 147 Å². The number of aromatic nitrogens is 2. The number of hydrogen-bond donors (Lipinski definition) is 1. The van der Waals surface area contributed by atoms with E-state index < -0.39 is 4.92 Å². The number of nitrogens with zero attached hydrogens (tertiary/aromatic N) is 4. The normalized spacial score (nSPS) is 17.6. The van der Waals surface area contributed by atoms with Crippen molar-refractivity contribution in [3.05, 3.63) is 46.1 Å². The first-order valence-electron chi connectivity index (χ1n) is 8.62. The molecule has 3 rings (SSSR count). The molecule has 134 valence electrons. The van der Waals surface area contributed by atoms with Gasteiger partial charge < -0.3 is 5.11 Å². The Morgan fingerprint density at radius 3 is 2.52 bits per heavy atom. The van der Waals surface area contributed by atoms with Crippen LogP contribution < -0.4 is 0 Å². The maximum atomic E-state index is 10.8. The maximum absolute atomic E-state index is 10.8. The van der Waals surface area contributed by atoms with Crippen molar-refractivity contribution in [1.82, 2.24) is 14.7 Å². The van der Waals surface area contributed by atoms with Gasteiger partial charge in [-0.05, 0) is 50.9 Å². The molecule has 0 bridgehead atoms. The van der Waals surface area contributed by atoms with Crippen LogP contribution >= 0.6 is 0 Å². The van der Waals surface area contributed by atoms with Gasteiger partial charge in [0.1, 0.15) is 0 Å². The maximum Gasteiger partial charge on any atom is 0.269 e. The number of rotatable bonds is 5. The molecule has 1 aliphatic rings. The fourth-order valence-corrected chi connectivity index (χ4v) is 3.47. The van der Waals surface area contributed by atoms with E-state index in [0.717, 1.165) is 49.3 Å². The van der Waals surface area contributed by atoms with E-state index in [1.54, 1.807) is 16.8 Å². The van der Waals surface area contributed by atoms with Crippen molar-refractivity contribution in [2.45, 2.75) is 32.4 Å². The number of aliphatic hydroxyl groups excluding tert-OH is 1. The van der Waals surface area contributed by atoms with Gasteiger partial charge in [-0.2, -0.15) is 5.10 Å². The molecule has 25 heavy (non-hydrogen) atoms. The summed E-state index contributed by atoms with van der Waals surface area (Å²) in [6, 6.07) is 6.54. The predicted octanol–water partition coefficient (Wildman–Crippen LogP) is 2.59. The minimum atomic E-state index is -0.393. The summed E-state index contributed by atoms with van der Waals surface area (Å²) in [6.07, 6.45) is 3.78. The Morgan fingerprint density at radius 2 is 1.96 bits per heavy atom. The Morgan fingerprint density at radius 1 is 1.32 bits per heavy atom. The lowest BCUT2D eigenvalue weighted by atomic mass is 9.92. The van der Waals surface area contributed by atoms with Crippen LogP contribution in [-0.2, 0) is 13.6 Å². The van der Waals surface area contributed by atoms with Crippen molar-refractivity contribution >= 4 is 5.69 Å². The Hall–Kier alpha value is -2.25.